The Hall–Kier alpha value is -1.06. The number of nitrogens with one attached hydrogen (secondary N) is 1. The SMILES string of the molecule is CN(C=O)C(C)(C)N[C]=O. The van der Waals surface area contributed by atoms with Gasteiger partial charge in [0, 0.05) is 7.05 Å². The molecule has 0 rings (SSSR count). The predicted octanol–water partition coefficient (Wildman–Crippen LogP) is -0.533. The molecule has 4 nitrogen and oxygen atoms in total. The molecule has 0 aliphatic carbocycles. The van der Waals surface area contributed by atoms with E-state index in [1.807, 2.05) is 0 Å². The molecular weight excluding hydrogens is 132 g/mol. The monoisotopic (exact) mass is 143 g/mol. The minimum atomic E-state index is -0.649. The zero-order chi connectivity index (χ0) is 8.20. The van der Waals surface area contributed by atoms with Gasteiger partial charge < -0.3 is 10.2 Å². The smallest absolute Gasteiger partial charge is 0.311 e. The standard InChI is InChI=1S/C6H11N2O2/c1-6(2,7-4-9)8(3)5-10/h5H,1-3H3,(H,7,9). The van der Waals surface area contributed by atoms with Crippen LogP contribution in [0.2, 0.25) is 0 Å². The lowest BCUT2D eigenvalue weighted by molar-refractivity contribution is -0.121. The van der Waals surface area contributed by atoms with Crippen molar-refractivity contribution in [1.29, 1.82) is 0 Å². The van der Waals surface area contributed by atoms with Crippen LogP contribution in [0.15, 0.2) is 0 Å². The molecule has 0 saturated heterocycles. The number of carbonyl (C=O) groups is 1. The highest BCUT2D eigenvalue weighted by atomic mass is 16.1. The molecule has 0 unspecified atom stereocenters. The van der Waals surface area contributed by atoms with E-state index in [0.29, 0.717) is 6.41 Å². The van der Waals surface area contributed by atoms with Gasteiger partial charge in [-0.25, -0.2) is 0 Å². The maximum absolute atomic E-state index is 10.2. The van der Waals surface area contributed by atoms with Crippen molar-refractivity contribution in [2.75, 3.05) is 7.05 Å². The number of amides is 2. The fourth-order valence-corrected chi connectivity index (χ4v) is 0.345. The molecule has 0 bridgehead atoms. The second-order valence-electron chi connectivity index (χ2n) is 2.50. The fourth-order valence-electron chi connectivity index (χ4n) is 0.345. The lowest BCUT2D eigenvalue weighted by Crippen LogP contribution is -2.51. The van der Waals surface area contributed by atoms with Crippen LogP contribution in [0.3, 0.4) is 0 Å². The summed E-state index contributed by atoms with van der Waals surface area (Å²) in [6, 6.07) is 0. The van der Waals surface area contributed by atoms with Gasteiger partial charge in [-0.3, -0.25) is 9.59 Å². The first-order valence-corrected chi connectivity index (χ1v) is 2.87. The van der Waals surface area contributed by atoms with Gasteiger partial charge in [-0.2, -0.15) is 0 Å². The molecule has 0 aliphatic rings. The van der Waals surface area contributed by atoms with Crippen LogP contribution in [0.1, 0.15) is 13.8 Å². The zero-order valence-electron chi connectivity index (χ0n) is 6.34. The largest absolute Gasteiger partial charge is 0.326 e. The Morgan fingerprint density at radius 2 is 2.10 bits per heavy atom. The molecule has 0 atom stereocenters. The molecule has 2 amide bonds. The summed E-state index contributed by atoms with van der Waals surface area (Å²) in [5, 5.41) is 2.36. The van der Waals surface area contributed by atoms with Gasteiger partial charge in [-0.15, -0.1) is 0 Å². The summed E-state index contributed by atoms with van der Waals surface area (Å²) >= 11 is 0. The topological polar surface area (TPSA) is 49.4 Å². The first-order valence-electron chi connectivity index (χ1n) is 2.87. The molecule has 4 heteroatoms. The van der Waals surface area contributed by atoms with Crippen LogP contribution in [0.5, 0.6) is 0 Å². The highest BCUT2D eigenvalue weighted by molar-refractivity contribution is 5.53. The summed E-state index contributed by atoms with van der Waals surface area (Å²) < 4.78 is 0. The van der Waals surface area contributed by atoms with Crippen LogP contribution < -0.4 is 5.32 Å². The van der Waals surface area contributed by atoms with Crippen LogP contribution in [0.25, 0.3) is 0 Å². The Bertz CT molecular complexity index is 134. The van der Waals surface area contributed by atoms with E-state index in [1.54, 1.807) is 20.9 Å². The van der Waals surface area contributed by atoms with Crippen molar-refractivity contribution in [2.24, 2.45) is 0 Å². The Morgan fingerprint density at radius 3 is 2.40 bits per heavy atom. The lowest BCUT2D eigenvalue weighted by atomic mass is 10.2. The van der Waals surface area contributed by atoms with E-state index < -0.39 is 5.66 Å². The molecule has 0 saturated carbocycles. The van der Waals surface area contributed by atoms with Gasteiger partial charge in [-0.05, 0) is 13.8 Å². The van der Waals surface area contributed by atoms with Gasteiger partial charge in [0.2, 0.25) is 6.41 Å². The Labute approximate surface area is 60.2 Å². The predicted molar refractivity (Wildman–Crippen MR) is 36.7 cm³/mol. The molecule has 1 radical (unpaired) electrons. The van der Waals surface area contributed by atoms with Crippen molar-refractivity contribution in [1.82, 2.24) is 10.2 Å². The molecule has 0 aromatic heterocycles. The minimum absolute atomic E-state index is 0.643. The van der Waals surface area contributed by atoms with E-state index in [4.69, 9.17) is 0 Å². The van der Waals surface area contributed by atoms with E-state index in [2.05, 4.69) is 5.32 Å². The minimum Gasteiger partial charge on any atom is -0.326 e. The van der Waals surface area contributed by atoms with E-state index >= 15 is 0 Å². The highest BCUT2D eigenvalue weighted by Gasteiger charge is 2.20. The summed E-state index contributed by atoms with van der Waals surface area (Å²) in [6.45, 7) is 3.40. The third-order valence-corrected chi connectivity index (χ3v) is 1.40. The third-order valence-electron chi connectivity index (χ3n) is 1.40. The first kappa shape index (κ1) is 8.94. The molecular formula is C6H11N2O2. The van der Waals surface area contributed by atoms with E-state index in [9.17, 15) is 9.59 Å². The average molecular weight is 143 g/mol. The maximum Gasteiger partial charge on any atom is 0.311 e. The Morgan fingerprint density at radius 1 is 1.60 bits per heavy atom. The molecule has 1 N–H and O–H groups in total. The summed E-state index contributed by atoms with van der Waals surface area (Å²) in [4.78, 5) is 21.4. The number of rotatable bonds is 4. The van der Waals surface area contributed by atoms with Gasteiger partial charge in [0.25, 0.3) is 0 Å². The maximum atomic E-state index is 10.2. The lowest BCUT2D eigenvalue weighted by Gasteiger charge is -2.31. The first-order chi connectivity index (χ1) is 4.54. The molecule has 0 aromatic carbocycles. The summed E-state index contributed by atoms with van der Waals surface area (Å²) in [5.41, 5.74) is -0.649. The van der Waals surface area contributed by atoms with Crippen LogP contribution in [0, 0.1) is 0 Å². The van der Waals surface area contributed by atoms with Gasteiger partial charge in [0.15, 0.2) is 0 Å². The van der Waals surface area contributed by atoms with Crippen molar-refractivity contribution < 1.29 is 9.59 Å². The van der Waals surface area contributed by atoms with Gasteiger partial charge in [-0.1, -0.05) is 0 Å². The molecule has 0 spiro atoms. The second kappa shape index (κ2) is 3.20. The normalized spacial score (nSPS) is 10.3. The van der Waals surface area contributed by atoms with Crippen molar-refractivity contribution >= 4 is 12.8 Å². The van der Waals surface area contributed by atoms with Crippen LogP contribution in [-0.2, 0) is 9.59 Å². The number of nitrogens with zero attached hydrogens (tertiary/aromatic N) is 1. The number of carbonyl (C=O) groups excluding carboxylic acids is 2. The molecule has 57 valence electrons. The molecule has 10 heavy (non-hydrogen) atoms. The van der Waals surface area contributed by atoms with Crippen LogP contribution in [-0.4, -0.2) is 30.4 Å². The van der Waals surface area contributed by atoms with Crippen molar-refractivity contribution in [2.45, 2.75) is 19.5 Å². The van der Waals surface area contributed by atoms with E-state index in [1.165, 1.54) is 11.3 Å². The molecule has 0 fully saturated rings. The Kier molecular flexibility index (Phi) is 2.86. The van der Waals surface area contributed by atoms with Gasteiger partial charge in [0.05, 0.1) is 0 Å². The summed E-state index contributed by atoms with van der Waals surface area (Å²) in [6.07, 6.45) is 2.17. The molecule has 0 aliphatic heterocycles. The Balaban J connectivity index is 4.07. The fraction of sp³-hybridized carbons (Fsp3) is 0.667. The van der Waals surface area contributed by atoms with Crippen molar-refractivity contribution in [3.63, 3.8) is 0 Å². The van der Waals surface area contributed by atoms with Gasteiger partial charge in [0.1, 0.15) is 5.66 Å². The molecule has 0 aromatic rings. The van der Waals surface area contributed by atoms with E-state index in [-0.39, 0.29) is 0 Å². The summed E-state index contributed by atoms with van der Waals surface area (Å²) in [5.74, 6) is 0. The quantitative estimate of drug-likeness (QED) is 0.326. The van der Waals surface area contributed by atoms with Crippen LogP contribution in [0.4, 0.5) is 0 Å². The summed E-state index contributed by atoms with van der Waals surface area (Å²) in [7, 11) is 1.58. The zero-order valence-corrected chi connectivity index (χ0v) is 6.34. The van der Waals surface area contributed by atoms with Crippen molar-refractivity contribution in [3.05, 3.63) is 0 Å². The molecule has 0 heterocycles. The van der Waals surface area contributed by atoms with Gasteiger partial charge >= 0.3 is 6.41 Å². The second-order valence-corrected chi connectivity index (χ2v) is 2.50. The van der Waals surface area contributed by atoms with Crippen LogP contribution >= 0.6 is 0 Å². The van der Waals surface area contributed by atoms with E-state index in [0.717, 1.165) is 0 Å². The van der Waals surface area contributed by atoms with Crippen molar-refractivity contribution in [3.8, 4) is 0 Å². The third kappa shape index (κ3) is 2.05. The number of hydrogen-bond acceptors (Lipinski definition) is 2. The number of hydrogen-bond donors (Lipinski definition) is 1. The highest BCUT2D eigenvalue weighted by Crippen LogP contribution is 2.02. The average Bonchev–Trinajstić information content (AvgIpc) is 1.86.